The number of nitrogens with one attached hydrogen (secondary N) is 1. The summed E-state index contributed by atoms with van der Waals surface area (Å²) in [4.78, 5) is 25.7. The van der Waals surface area contributed by atoms with Crippen molar-refractivity contribution >= 4 is 11.8 Å². The van der Waals surface area contributed by atoms with Gasteiger partial charge in [-0.3, -0.25) is 9.59 Å². The lowest BCUT2D eigenvalue weighted by atomic mass is 10.2. The third-order valence-corrected chi connectivity index (χ3v) is 3.68. The highest BCUT2D eigenvalue weighted by Gasteiger charge is 2.16. The summed E-state index contributed by atoms with van der Waals surface area (Å²) in [5, 5.41) is 2.52. The Hall–Kier alpha value is -2.96. The topological polar surface area (TPSA) is 58.6 Å². The molecule has 0 bridgehead atoms. The van der Waals surface area contributed by atoms with E-state index in [2.05, 4.69) is 5.32 Å². The van der Waals surface area contributed by atoms with Crippen molar-refractivity contribution in [1.82, 2.24) is 10.2 Å². The van der Waals surface area contributed by atoms with Crippen LogP contribution < -0.4 is 10.1 Å². The van der Waals surface area contributed by atoms with E-state index in [9.17, 15) is 18.4 Å². The van der Waals surface area contributed by atoms with Crippen LogP contribution in [-0.4, -0.2) is 36.9 Å². The number of para-hydroxylation sites is 1. The molecule has 26 heavy (non-hydrogen) atoms. The van der Waals surface area contributed by atoms with Gasteiger partial charge in [0, 0.05) is 25.2 Å². The minimum atomic E-state index is -0.723. The highest BCUT2D eigenvalue weighted by molar-refractivity contribution is 5.98. The van der Waals surface area contributed by atoms with Gasteiger partial charge in [0.15, 0.2) is 0 Å². The van der Waals surface area contributed by atoms with Gasteiger partial charge >= 0.3 is 0 Å². The lowest BCUT2D eigenvalue weighted by Gasteiger charge is -2.18. The Kier molecular flexibility index (Phi) is 6.66. The molecule has 2 aromatic carbocycles. The number of ether oxygens (including phenoxy) is 1. The first-order valence-electron chi connectivity index (χ1n) is 8.10. The van der Waals surface area contributed by atoms with Crippen LogP contribution in [0.4, 0.5) is 8.78 Å². The molecule has 5 nitrogen and oxygen atoms in total. The van der Waals surface area contributed by atoms with Crippen LogP contribution >= 0.6 is 0 Å². The number of amides is 2. The quantitative estimate of drug-likeness (QED) is 0.824. The summed E-state index contributed by atoms with van der Waals surface area (Å²) in [6.45, 7) is 1.94. The molecular weight excluding hydrogens is 342 g/mol. The molecule has 0 heterocycles. The predicted octanol–water partition coefficient (Wildman–Crippen LogP) is 2.75. The van der Waals surface area contributed by atoms with Gasteiger partial charge < -0.3 is 15.0 Å². The molecule has 0 saturated heterocycles. The van der Waals surface area contributed by atoms with Crippen LogP contribution in [0.3, 0.4) is 0 Å². The lowest BCUT2D eigenvalue weighted by Crippen LogP contribution is -2.38. The average molecular weight is 362 g/mol. The van der Waals surface area contributed by atoms with Gasteiger partial charge in [-0.1, -0.05) is 18.2 Å². The number of nitrogens with zero attached hydrogens (tertiary/aromatic N) is 1. The Labute approximate surface area is 150 Å². The van der Waals surface area contributed by atoms with Gasteiger partial charge in [0.1, 0.15) is 17.4 Å². The van der Waals surface area contributed by atoms with Gasteiger partial charge in [0.05, 0.1) is 18.7 Å². The van der Waals surface area contributed by atoms with Crippen LogP contribution in [0.25, 0.3) is 0 Å². The van der Waals surface area contributed by atoms with Gasteiger partial charge in [-0.15, -0.1) is 0 Å². The van der Waals surface area contributed by atoms with E-state index in [0.29, 0.717) is 17.9 Å². The fourth-order valence-corrected chi connectivity index (χ4v) is 2.32. The molecule has 0 saturated carbocycles. The van der Waals surface area contributed by atoms with E-state index in [0.717, 1.165) is 12.1 Å². The number of hydrogen-bond donors (Lipinski definition) is 1. The number of carbonyl (C=O) groups excluding carboxylic acids is 2. The molecule has 0 unspecified atom stereocenters. The van der Waals surface area contributed by atoms with Crippen molar-refractivity contribution in [3.8, 4) is 5.75 Å². The van der Waals surface area contributed by atoms with E-state index < -0.39 is 23.4 Å². The Morgan fingerprint density at radius 2 is 1.88 bits per heavy atom. The minimum Gasteiger partial charge on any atom is -0.493 e. The molecule has 2 rings (SSSR count). The minimum absolute atomic E-state index is 0.0314. The van der Waals surface area contributed by atoms with E-state index in [1.165, 1.54) is 18.0 Å². The van der Waals surface area contributed by atoms with Crippen molar-refractivity contribution in [3.63, 3.8) is 0 Å². The number of benzene rings is 2. The van der Waals surface area contributed by atoms with Crippen molar-refractivity contribution in [3.05, 3.63) is 65.2 Å². The van der Waals surface area contributed by atoms with E-state index in [4.69, 9.17) is 4.74 Å². The third-order valence-electron chi connectivity index (χ3n) is 3.68. The SMILES string of the molecule is CCOc1ccccc1C(=O)NCC(=O)N(C)Cc1ccc(F)cc1F. The fraction of sp³-hybridized carbons (Fsp3) is 0.263. The summed E-state index contributed by atoms with van der Waals surface area (Å²) in [7, 11) is 1.48. The summed E-state index contributed by atoms with van der Waals surface area (Å²) in [6, 6.07) is 9.89. The highest BCUT2D eigenvalue weighted by atomic mass is 19.1. The van der Waals surface area contributed by atoms with Crippen molar-refractivity contribution in [2.75, 3.05) is 20.2 Å². The first-order valence-corrected chi connectivity index (χ1v) is 8.10. The molecule has 138 valence electrons. The fourth-order valence-electron chi connectivity index (χ4n) is 2.32. The Morgan fingerprint density at radius 1 is 1.15 bits per heavy atom. The average Bonchev–Trinajstić information content (AvgIpc) is 2.62. The zero-order valence-electron chi connectivity index (χ0n) is 14.6. The van der Waals surface area contributed by atoms with E-state index in [1.807, 2.05) is 6.92 Å². The largest absolute Gasteiger partial charge is 0.493 e. The number of halogens is 2. The zero-order valence-corrected chi connectivity index (χ0v) is 14.6. The molecule has 0 fully saturated rings. The van der Waals surface area contributed by atoms with E-state index >= 15 is 0 Å². The molecule has 0 aliphatic rings. The molecule has 2 aromatic rings. The number of likely N-dealkylation sites (N-methyl/N-ethyl adjacent to an activating group) is 1. The van der Waals surface area contributed by atoms with Gasteiger partial charge in [-0.2, -0.15) is 0 Å². The molecule has 0 aliphatic carbocycles. The zero-order chi connectivity index (χ0) is 19.1. The second-order valence-electron chi connectivity index (χ2n) is 5.60. The third kappa shape index (κ3) is 5.02. The molecule has 0 aromatic heterocycles. The Morgan fingerprint density at radius 3 is 2.58 bits per heavy atom. The monoisotopic (exact) mass is 362 g/mol. The number of rotatable bonds is 7. The van der Waals surface area contributed by atoms with Gasteiger partial charge in [-0.25, -0.2) is 8.78 Å². The molecule has 0 atom stereocenters. The standard InChI is InChI=1S/C19H20F2N2O3/c1-3-26-17-7-5-4-6-15(17)19(25)22-11-18(24)23(2)12-13-8-9-14(20)10-16(13)21/h4-10H,3,11-12H2,1-2H3,(H,22,25). The maximum atomic E-state index is 13.7. The van der Waals surface area contributed by atoms with Crippen LogP contribution in [0, 0.1) is 11.6 Å². The summed E-state index contributed by atoms with van der Waals surface area (Å²) < 4.78 is 32.0. The second kappa shape index (κ2) is 8.94. The number of carbonyl (C=O) groups is 2. The summed E-state index contributed by atoms with van der Waals surface area (Å²) in [6.07, 6.45) is 0. The smallest absolute Gasteiger partial charge is 0.255 e. The first-order chi connectivity index (χ1) is 12.4. The molecule has 0 aliphatic heterocycles. The maximum absolute atomic E-state index is 13.7. The van der Waals surface area contributed by atoms with Crippen LogP contribution in [0.1, 0.15) is 22.8 Å². The van der Waals surface area contributed by atoms with Crippen molar-refractivity contribution < 1.29 is 23.1 Å². The summed E-state index contributed by atoms with van der Waals surface area (Å²) in [5.41, 5.74) is 0.518. The molecule has 0 spiro atoms. The normalized spacial score (nSPS) is 10.3. The van der Waals surface area contributed by atoms with Crippen LogP contribution in [0.2, 0.25) is 0 Å². The molecule has 7 heteroatoms. The Bertz CT molecular complexity index is 796. The lowest BCUT2D eigenvalue weighted by molar-refractivity contribution is -0.129. The Balaban J connectivity index is 1.94. The van der Waals surface area contributed by atoms with Crippen molar-refractivity contribution in [2.45, 2.75) is 13.5 Å². The molecule has 2 amide bonds. The summed E-state index contributed by atoms with van der Waals surface area (Å²) >= 11 is 0. The molecule has 0 radical (unpaired) electrons. The highest BCUT2D eigenvalue weighted by Crippen LogP contribution is 2.17. The van der Waals surface area contributed by atoms with Crippen molar-refractivity contribution in [1.29, 1.82) is 0 Å². The molecule has 1 N–H and O–H groups in total. The predicted molar refractivity (Wildman–Crippen MR) is 92.8 cm³/mol. The molecular formula is C19H20F2N2O3. The van der Waals surface area contributed by atoms with E-state index in [1.54, 1.807) is 24.3 Å². The van der Waals surface area contributed by atoms with E-state index in [-0.39, 0.29) is 18.7 Å². The van der Waals surface area contributed by atoms with Gasteiger partial charge in [-0.05, 0) is 25.1 Å². The maximum Gasteiger partial charge on any atom is 0.255 e. The summed E-state index contributed by atoms with van der Waals surface area (Å²) in [5.74, 6) is -1.82. The van der Waals surface area contributed by atoms with Crippen LogP contribution in [0.5, 0.6) is 5.75 Å². The number of hydrogen-bond acceptors (Lipinski definition) is 3. The van der Waals surface area contributed by atoms with Crippen molar-refractivity contribution in [2.24, 2.45) is 0 Å². The van der Waals surface area contributed by atoms with Crippen LogP contribution in [0.15, 0.2) is 42.5 Å². The second-order valence-corrected chi connectivity index (χ2v) is 5.60. The van der Waals surface area contributed by atoms with Gasteiger partial charge in [0.2, 0.25) is 5.91 Å². The van der Waals surface area contributed by atoms with Gasteiger partial charge in [0.25, 0.3) is 5.91 Å². The van der Waals surface area contributed by atoms with Crippen LogP contribution in [-0.2, 0) is 11.3 Å². The first kappa shape index (κ1) is 19.4.